The molecule has 0 aliphatic heterocycles. The zero-order chi connectivity index (χ0) is 13.9. The minimum atomic E-state index is -4.74. The summed E-state index contributed by atoms with van der Waals surface area (Å²) in [7, 11) is 0. The van der Waals surface area contributed by atoms with Crippen LogP contribution in [0.2, 0.25) is 0 Å². The second-order valence-corrected chi connectivity index (χ2v) is 3.67. The van der Waals surface area contributed by atoms with Crippen molar-refractivity contribution in [3.63, 3.8) is 0 Å². The predicted octanol–water partition coefficient (Wildman–Crippen LogP) is 2.90. The maximum atomic E-state index is 12.7. The highest BCUT2D eigenvalue weighted by Crippen LogP contribution is 2.24. The third kappa shape index (κ3) is 3.18. The van der Waals surface area contributed by atoms with Crippen LogP contribution in [0.1, 0.15) is 18.5 Å². The van der Waals surface area contributed by atoms with Crippen molar-refractivity contribution in [2.75, 3.05) is 0 Å². The lowest BCUT2D eigenvalue weighted by Gasteiger charge is -2.19. The van der Waals surface area contributed by atoms with Crippen LogP contribution in [-0.2, 0) is 4.79 Å². The molecule has 0 bridgehead atoms. The Hall–Kier alpha value is -1.66. The zero-order valence-electron chi connectivity index (χ0n) is 9.26. The van der Waals surface area contributed by atoms with Gasteiger partial charge in [-0.2, -0.15) is 8.78 Å². The van der Waals surface area contributed by atoms with E-state index in [0.29, 0.717) is 5.56 Å². The fraction of sp³-hybridized carbons (Fsp3) is 0.364. The summed E-state index contributed by atoms with van der Waals surface area (Å²) >= 11 is 0. The molecule has 0 heterocycles. The average Bonchev–Trinajstić information content (AvgIpc) is 2.29. The first-order chi connectivity index (χ1) is 8.25. The maximum Gasteiger partial charge on any atom is 0.383 e. The quantitative estimate of drug-likeness (QED) is 0.835. The van der Waals surface area contributed by atoms with Gasteiger partial charge >= 0.3 is 12.3 Å². The Morgan fingerprint density at radius 3 is 2.17 bits per heavy atom. The zero-order valence-corrected chi connectivity index (χ0v) is 9.26. The van der Waals surface area contributed by atoms with Crippen LogP contribution in [0, 0.1) is 5.82 Å². The molecule has 1 amide bonds. The van der Waals surface area contributed by atoms with Crippen LogP contribution in [0.3, 0.4) is 0 Å². The van der Waals surface area contributed by atoms with E-state index in [2.05, 4.69) is 0 Å². The van der Waals surface area contributed by atoms with Gasteiger partial charge in [-0.25, -0.2) is 13.2 Å². The summed E-state index contributed by atoms with van der Waals surface area (Å²) in [6.07, 6.45) is -4.07. The molecule has 1 aromatic carbocycles. The molecule has 18 heavy (non-hydrogen) atoms. The molecule has 2 nitrogen and oxygen atoms in total. The molecule has 1 N–H and O–H groups in total. The van der Waals surface area contributed by atoms with Gasteiger partial charge in [0, 0.05) is 0 Å². The standard InChI is InChI=1S/C11H10F5NO/c1-6(7-2-4-8(12)5-3-7)17-10(18)11(15,16)9(13)14/h2-6,9H,1H3,(H,17,18)/t6-/m0/s1. The molecule has 0 saturated heterocycles. The summed E-state index contributed by atoms with van der Waals surface area (Å²) in [6.45, 7) is 1.33. The highest BCUT2D eigenvalue weighted by atomic mass is 19.3. The van der Waals surface area contributed by atoms with Crippen molar-refractivity contribution >= 4 is 5.91 Å². The number of carbonyl (C=O) groups excluding carboxylic acids is 1. The number of carbonyl (C=O) groups is 1. The van der Waals surface area contributed by atoms with E-state index in [1.165, 1.54) is 19.1 Å². The molecular weight excluding hydrogens is 257 g/mol. The summed E-state index contributed by atoms with van der Waals surface area (Å²) < 4.78 is 61.7. The summed E-state index contributed by atoms with van der Waals surface area (Å²) in [5, 5.41) is 1.75. The first-order valence-corrected chi connectivity index (χ1v) is 4.97. The fourth-order valence-corrected chi connectivity index (χ4v) is 1.23. The van der Waals surface area contributed by atoms with Gasteiger partial charge in [-0.3, -0.25) is 4.79 Å². The van der Waals surface area contributed by atoms with Crippen LogP contribution in [0.4, 0.5) is 22.0 Å². The summed E-state index contributed by atoms with van der Waals surface area (Å²) in [5.41, 5.74) is 0.329. The summed E-state index contributed by atoms with van der Waals surface area (Å²) in [5.74, 6) is -7.33. The number of benzene rings is 1. The van der Waals surface area contributed by atoms with Crippen LogP contribution >= 0.6 is 0 Å². The Morgan fingerprint density at radius 1 is 1.22 bits per heavy atom. The molecule has 0 radical (unpaired) electrons. The van der Waals surface area contributed by atoms with E-state index in [0.717, 1.165) is 12.1 Å². The second kappa shape index (κ2) is 5.32. The predicted molar refractivity (Wildman–Crippen MR) is 53.9 cm³/mol. The summed E-state index contributed by atoms with van der Waals surface area (Å²) in [4.78, 5) is 10.9. The van der Waals surface area contributed by atoms with Crippen LogP contribution in [0.15, 0.2) is 24.3 Å². The molecular formula is C11H10F5NO. The molecule has 0 aliphatic rings. The third-order valence-electron chi connectivity index (χ3n) is 2.29. The normalized spacial score (nSPS) is 13.5. The van der Waals surface area contributed by atoms with Gasteiger partial charge in [0.05, 0.1) is 6.04 Å². The number of hydrogen-bond acceptors (Lipinski definition) is 1. The molecule has 1 aromatic rings. The van der Waals surface area contributed by atoms with E-state index in [4.69, 9.17) is 0 Å². The van der Waals surface area contributed by atoms with E-state index in [-0.39, 0.29) is 0 Å². The van der Waals surface area contributed by atoms with Gasteiger partial charge < -0.3 is 5.32 Å². The van der Waals surface area contributed by atoms with Crippen LogP contribution in [0.5, 0.6) is 0 Å². The Balaban J connectivity index is 2.73. The molecule has 0 saturated carbocycles. The largest absolute Gasteiger partial charge is 0.383 e. The minimum Gasteiger partial charge on any atom is -0.344 e. The number of halogens is 5. The van der Waals surface area contributed by atoms with Crippen molar-refractivity contribution in [1.82, 2.24) is 5.32 Å². The second-order valence-electron chi connectivity index (χ2n) is 3.67. The molecule has 0 aromatic heterocycles. The van der Waals surface area contributed by atoms with Crippen molar-refractivity contribution in [3.05, 3.63) is 35.6 Å². The number of amides is 1. The lowest BCUT2D eigenvalue weighted by atomic mass is 10.1. The lowest BCUT2D eigenvalue weighted by molar-refractivity contribution is -0.170. The topological polar surface area (TPSA) is 29.1 Å². The fourth-order valence-electron chi connectivity index (χ4n) is 1.23. The lowest BCUT2D eigenvalue weighted by Crippen LogP contribution is -2.45. The van der Waals surface area contributed by atoms with Crippen LogP contribution in [-0.4, -0.2) is 18.3 Å². The van der Waals surface area contributed by atoms with Gasteiger partial charge in [0.25, 0.3) is 5.91 Å². The van der Waals surface area contributed by atoms with E-state index in [9.17, 15) is 26.7 Å². The number of alkyl halides is 4. The van der Waals surface area contributed by atoms with Crippen molar-refractivity contribution in [1.29, 1.82) is 0 Å². The monoisotopic (exact) mass is 267 g/mol. The van der Waals surface area contributed by atoms with E-state index in [1.807, 2.05) is 0 Å². The van der Waals surface area contributed by atoms with Gasteiger partial charge in [-0.15, -0.1) is 0 Å². The summed E-state index contributed by atoms with van der Waals surface area (Å²) in [6, 6.07) is 3.75. The number of hydrogen-bond donors (Lipinski definition) is 1. The van der Waals surface area contributed by atoms with Gasteiger partial charge in [-0.1, -0.05) is 12.1 Å². The van der Waals surface area contributed by atoms with Gasteiger partial charge in [0.2, 0.25) is 0 Å². The SMILES string of the molecule is C[C@H](NC(=O)C(F)(F)C(F)F)c1ccc(F)cc1. The highest BCUT2D eigenvalue weighted by Gasteiger charge is 2.49. The number of nitrogens with one attached hydrogen (secondary N) is 1. The molecule has 0 unspecified atom stereocenters. The van der Waals surface area contributed by atoms with Crippen LogP contribution in [0.25, 0.3) is 0 Å². The van der Waals surface area contributed by atoms with Gasteiger partial charge in [0.15, 0.2) is 0 Å². The van der Waals surface area contributed by atoms with Crippen molar-refractivity contribution in [2.45, 2.75) is 25.3 Å². The molecule has 1 atom stereocenters. The van der Waals surface area contributed by atoms with E-state index >= 15 is 0 Å². The van der Waals surface area contributed by atoms with Crippen molar-refractivity contribution in [3.8, 4) is 0 Å². The molecule has 100 valence electrons. The van der Waals surface area contributed by atoms with Crippen molar-refractivity contribution in [2.24, 2.45) is 0 Å². The first-order valence-electron chi connectivity index (χ1n) is 4.97. The minimum absolute atomic E-state index is 0.329. The maximum absolute atomic E-state index is 12.7. The van der Waals surface area contributed by atoms with Crippen LogP contribution < -0.4 is 5.32 Å². The highest BCUT2D eigenvalue weighted by molar-refractivity contribution is 5.84. The Kier molecular flexibility index (Phi) is 4.26. The van der Waals surface area contributed by atoms with Gasteiger partial charge in [-0.05, 0) is 24.6 Å². The Morgan fingerprint density at radius 2 is 1.72 bits per heavy atom. The first kappa shape index (κ1) is 14.4. The molecule has 7 heteroatoms. The van der Waals surface area contributed by atoms with E-state index < -0.39 is 30.1 Å². The van der Waals surface area contributed by atoms with E-state index in [1.54, 1.807) is 5.32 Å². The molecule has 0 aliphatic carbocycles. The average molecular weight is 267 g/mol. The smallest absolute Gasteiger partial charge is 0.344 e. The molecule has 1 rings (SSSR count). The third-order valence-corrected chi connectivity index (χ3v) is 2.29. The molecule has 0 spiro atoms. The Bertz CT molecular complexity index is 418. The van der Waals surface area contributed by atoms with Crippen molar-refractivity contribution < 1.29 is 26.7 Å². The Labute approximate surface area is 99.8 Å². The molecule has 0 fully saturated rings. The number of rotatable bonds is 4. The van der Waals surface area contributed by atoms with Gasteiger partial charge in [0.1, 0.15) is 5.82 Å².